The summed E-state index contributed by atoms with van der Waals surface area (Å²) < 4.78 is 1.37. The molecule has 2 heterocycles. The Labute approximate surface area is 146 Å². The zero-order valence-electron chi connectivity index (χ0n) is 12.1. The first-order valence-electron chi connectivity index (χ1n) is 6.83. The van der Waals surface area contributed by atoms with Gasteiger partial charge < -0.3 is 10.4 Å². The van der Waals surface area contributed by atoms with Gasteiger partial charge in [-0.2, -0.15) is 10.1 Å². The van der Waals surface area contributed by atoms with Crippen LogP contribution in [0.1, 0.15) is 15.9 Å². The van der Waals surface area contributed by atoms with Crippen LogP contribution in [0, 0.1) is 0 Å². The number of carbonyl (C=O) groups is 1. The Morgan fingerprint density at radius 2 is 2.17 bits per heavy atom. The van der Waals surface area contributed by atoms with Gasteiger partial charge in [-0.3, -0.25) is 4.79 Å². The summed E-state index contributed by atoms with van der Waals surface area (Å²) in [5.41, 5.74) is 0.652. The lowest BCUT2D eigenvalue weighted by molar-refractivity contribution is 0.0947. The molecule has 0 fully saturated rings. The summed E-state index contributed by atoms with van der Waals surface area (Å²) in [6.45, 7) is 0.176. The van der Waals surface area contributed by atoms with Crippen molar-refractivity contribution in [3.05, 3.63) is 64.0 Å². The third kappa shape index (κ3) is 3.47. The zero-order chi connectivity index (χ0) is 17.1. The lowest BCUT2D eigenvalue weighted by Crippen LogP contribution is -2.23. The Morgan fingerprint density at radius 3 is 2.83 bits per heavy atom. The predicted octanol–water partition coefficient (Wildman–Crippen LogP) is 2.60. The second kappa shape index (κ2) is 6.86. The van der Waals surface area contributed by atoms with Crippen LogP contribution in [-0.2, 0) is 6.54 Å². The quantitative estimate of drug-likeness (QED) is 0.742. The molecule has 0 saturated carbocycles. The van der Waals surface area contributed by atoms with Crippen molar-refractivity contribution >= 4 is 29.1 Å². The smallest absolute Gasteiger partial charge is 0.258 e. The molecule has 2 aromatic heterocycles. The highest BCUT2D eigenvalue weighted by atomic mass is 35.5. The van der Waals surface area contributed by atoms with Crippen LogP contribution in [-0.4, -0.2) is 30.8 Å². The minimum Gasteiger partial charge on any atom is -0.493 e. The first-order chi connectivity index (χ1) is 11.5. The number of nitrogens with zero attached hydrogens (tertiary/aromatic N) is 4. The van der Waals surface area contributed by atoms with Crippen LogP contribution in [0.15, 0.2) is 42.9 Å². The fraction of sp³-hybridized carbons (Fsp3) is 0.0667. The van der Waals surface area contributed by atoms with Crippen molar-refractivity contribution in [2.45, 2.75) is 6.54 Å². The van der Waals surface area contributed by atoms with E-state index < -0.39 is 11.8 Å². The first-order valence-corrected chi connectivity index (χ1v) is 7.58. The molecular formula is C15H11Cl2N5O2. The van der Waals surface area contributed by atoms with Gasteiger partial charge in [0, 0.05) is 35.2 Å². The molecule has 7 nitrogen and oxygen atoms in total. The SMILES string of the molecule is O=C(NCc1ccc(Cl)cc1Cl)c1cnc(-n2cccn2)nc1O. The molecule has 0 bridgehead atoms. The van der Waals surface area contributed by atoms with Gasteiger partial charge in [0.05, 0.1) is 0 Å². The van der Waals surface area contributed by atoms with Crippen LogP contribution in [0.3, 0.4) is 0 Å². The van der Waals surface area contributed by atoms with Crippen LogP contribution >= 0.6 is 23.2 Å². The molecule has 0 spiro atoms. The maximum atomic E-state index is 12.2. The Balaban J connectivity index is 1.73. The van der Waals surface area contributed by atoms with Crippen molar-refractivity contribution < 1.29 is 9.90 Å². The third-order valence-corrected chi connectivity index (χ3v) is 3.75. The molecule has 0 saturated heterocycles. The highest BCUT2D eigenvalue weighted by Crippen LogP contribution is 2.21. The van der Waals surface area contributed by atoms with E-state index in [2.05, 4.69) is 20.4 Å². The van der Waals surface area contributed by atoms with Gasteiger partial charge in [0.1, 0.15) is 5.56 Å². The van der Waals surface area contributed by atoms with Crippen LogP contribution in [0.5, 0.6) is 5.88 Å². The summed E-state index contributed by atoms with van der Waals surface area (Å²) in [4.78, 5) is 20.0. The minimum absolute atomic E-state index is 0.0454. The van der Waals surface area contributed by atoms with Crippen LogP contribution < -0.4 is 5.32 Å². The van der Waals surface area contributed by atoms with Gasteiger partial charge in [0.2, 0.25) is 5.88 Å². The Morgan fingerprint density at radius 1 is 1.33 bits per heavy atom. The molecule has 0 atom stereocenters. The second-order valence-electron chi connectivity index (χ2n) is 4.78. The summed E-state index contributed by atoms with van der Waals surface area (Å²) in [7, 11) is 0. The number of aromatic nitrogens is 4. The van der Waals surface area contributed by atoms with E-state index >= 15 is 0 Å². The van der Waals surface area contributed by atoms with Gasteiger partial charge in [-0.25, -0.2) is 9.67 Å². The number of amides is 1. The fourth-order valence-electron chi connectivity index (χ4n) is 1.96. The first kappa shape index (κ1) is 16.2. The molecule has 3 rings (SSSR count). The number of benzene rings is 1. The van der Waals surface area contributed by atoms with Crippen molar-refractivity contribution in [3.63, 3.8) is 0 Å². The maximum absolute atomic E-state index is 12.2. The highest BCUT2D eigenvalue weighted by Gasteiger charge is 2.15. The van der Waals surface area contributed by atoms with Crippen LogP contribution in [0.25, 0.3) is 5.95 Å². The standard InChI is InChI=1S/C15H11Cl2N5O2/c16-10-3-2-9(12(17)6-10)7-18-13(23)11-8-19-15(21-14(11)24)22-5-1-4-20-22/h1-6,8H,7H2,(H,18,23)(H,19,21,24). The van der Waals surface area contributed by atoms with Crippen LogP contribution in [0.2, 0.25) is 10.0 Å². The number of halogens is 2. The fourth-order valence-corrected chi connectivity index (χ4v) is 2.43. The molecule has 0 aliphatic carbocycles. The van der Waals surface area contributed by atoms with Gasteiger partial charge in [0.25, 0.3) is 11.9 Å². The number of nitrogens with one attached hydrogen (secondary N) is 1. The van der Waals surface area contributed by atoms with Gasteiger partial charge in [0.15, 0.2) is 0 Å². The van der Waals surface area contributed by atoms with Crippen molar-refractivity contribution in [2.24, 2.45) is 0 Å². The van der Waals surface area contributed by atoms with E-state index in [1.165, 1.54) is 10.9 Å². The molecule has 1 amide bonds. The highest BCUT2D eigenvalue weighted by molar-refractivity contribution is 6.35. The topological polar surface area (TPSA) is 92.9 Å². The van der Waals surface area contributed by atoms with E-state index in [-0.39, 0.29) is 18.1 Å². The van der Waals surface area contributed by atoms with Gasteiger partial charge in [-0.15, -0.1) is 0 Å². The number of hydrogen-bond acceptors (Lipinski definition) is 5. The number of carbonyl (C=O) groups excluding carboxylic acids is 1. The monoisotopic (exact) mass is 363 g/mol. The van der Waals surface area contributed by atoms with E-state index in [4.69, 9.17) is 23.2 Å². The second-order valence-corrected chi connectivity index (χ2v) is 5.62. The molecule has 9 heteroatoms. The Kier molecular flexibility index (Phi) is 4.64. The molecule has 0 radical (unpaired) electrons. The minimum atomic E-state index is -0.523. The van der Waals surface area contributed by atoms with E-state index in [1.54, 1.807) is 36.7 Å². The average molecular weight is 364 g/mol. The molecule has 1 aromatic carbocycles. The van der Waals surface area contributed by atoms with E-state index in [0.717, 1.165) is 0 Å². The third-order valence-electron chi connectivity index (χ3n) is 3.16. The molecule has 2 N–H and O–H groups in total. The maximum Gasteiger partial charge on any atom is 0.258 e. The molecule has 122 valence electrons. The summed E-state index contributed by atoms with van der Waals surface area (Å²) in [6, 6.07) is 6.66. The summed E-state index contributed by atoms with van der Waals surface area (Å²) >= 11 is 11.9. The Hall–Kier alpha value is -2.64. The van der Waals surface area contributed by atoms with Gasteiger partial charge >= 0.3 is 0 Å². The van der Waals surface area contributed by atoms with E-state index in [1.807, 2.05) is 0 Å². The molecule has 3 aromatic rings. The van der Waals surface area contributed by atoms with Gasteiger partial charge in [-0.1, -0.05) is 29.3 Å². The van der Waals surface area contributed by atoms with Crippen molar-refractivity contribution in [1.29, 1.82) is 0 Å². The predicted molar refractivity (Wildman–Crippen MR) is 88.5 cm³/mol. The van der Waals surface area contributed by atoms with Gasteiger partial charge in [-0.05, 0) is 23.8 Å². The number of hydrogen-bond donors (Lipinski definition) is 2. The summed E-state index contributed by atoms with van der Waals surface area (Å²) in [5.74, 6) is -0.796. The zero-order valence-corrected chi connectivity index (χ0v) is 13.7. The molecule has 0 aliphatic heterocycles. The molecule has 0 aliphatic rings. The van der Waals surface area contributed by atoms with Crippen molar-refractivity contribution in [1.82, 2.24) is 25.1 Å². The molecule has 24 heavy (non-hydrogen) atoms. The molecular weight excluding hydrogens is 353 g/mol. The van der Waals surface area contributed by atoms with Crippen molar-refractivity contribution in [3.8, 4) is 11.8 Å². The summed E-state index contributed by atoms with van der Waals surface area (Å²) in [5, 5.41) is 17.5. The number of aromatic hydroxyl groups is 1. The lowest BCUT2D eigenvalue weighted by atomic mass is 10.2. The van der Waals surface area contributed by atoms with Crippen molar-refractivity contribution in [2.75, 3.05) is 0 Å². The largest absolute Gasteiger partial charge is 0.493 e. The summed E-state index contributed by atoms with van der Waals surface area (Å²) in [6.07, 6.45) is 4.41. The molecule has 0 unspecified atom stereocenters. The Bertz CT molecular complexity index is 884. The lowest BCUT2D eigenvalue weighted by Gasteiger charge is -2.08. The normalized spacial score (nSPS) is 10.6. The number of rotatable bonds is 4. The van der Waals surface area contributed by atoms with E-state index in [9.17, 15) is 9.90 Å². The average Bonchev–Trinajstić information content (AvgIpc) is 3.08. The van der Waals surface area contributed by atoms with Crippen LogP contribution in [0.4, 0.5) is 0 Å². The van der Waals surface area contributed by atoms with E-state index in [0.29, 0.717) is 15.6 Å².